The molecule has 2 aromatic rings. The van der Waals surface area contributed by atoms with Crippen molar-refractivity contribution in [3.63, 3.8) is 0 Å². The van der Waals surface area contributed by atoms with Gasteiger partial charge in [-0.3, -0.25) is 9.59 Å². The van der Waals surface area contributed by atoms with Crippen LogP contribution in [0.5, 0.6) is 0 Å². The van der Waals surface area contributed by atoms with Crippen molar-refractivity contribution in [3.8, 4) is 0 Å². The maximum atomic E-state index is 12.7. The van der Waals surface area contributed by atoms with Gasteiger partial charge in [0.2, 0.25) is 10.0 Å². The number of amides is 1. The molecule has 0 saturated carbocycles. The molecule has 9 heteroatoms. The Morgan fingerprint density at radius 1 is 0.969 bits per heavy atom. The largest absolute Gasteiger partial charge is 0.456 e. The van der Waals surface area contributed by atoms with Crippen molar-refractivity contribution in [3.05, 3.63) is 59.7 Å². The predicted octanol–water partition coefficient (Wildman–Crippen LogP) is 1.77. The fourth-order valence-electron chi connectivity index (χ4n) is 3.90. The highest BCUT2D eigenvalue weighted by molar-refractivity contribution is 7.89. The zero-order chi connectivity index (χ0) is 22.6. The van der Waals surface area contributed by atoms with Crippen LogP contribution in [0.1, 0.15) is 17.5 Å². The summed E-state index contributed by atoms with van der Waals surface area (Å²) in [6.07, 6.45) is 1.31. The molecule has 2 aromatic carbocycles. The van der Waals surface area contributed by atoms with Crippen molar-refractivity contribution < 1.29 is 27.5 Å². The van der Waals surface area contributed by atoms with Crippen LogP contribution in [0.25, 0.3) is 0 Å². The van der Waals surface area contributed by atoms with Gasteiger partial charge in [0.15, 0.2) is 6.61 Å². The standard InChI is InChI=1S/C23H26N2O6S/c26-22(25-12-11-19-3-1-2-4-21(19)25)17-31-23(27)10-7-18-5-8-20(9-6-18)32(28,29)24-13-15-30-16-14-24/h1-6,8-9H,7,10-17H2. The minimum atomic E-state index is -3.54. The van der Waals surface area contributed by atoms with Gasteiger partial charge in [0.1, 0.15) is 0 Å². The number of aryl methyl sites for hydroxylation is 1. The number of carbonyl (C=O) groups excluding carboxylic acids is 2. The first-order valence-electron chi connectivity index (χ1n) is 10.7. The lowest BCUT2D eigenvalue weighted by Gasteiger charge is -2.26. The first-order chi connectivity index (χ1) is 15.4. The molecule has 2 aliphatic heterocycles. The highest BCUT2D eigenvalue weighted by Crippen LogP contribution is 2.27. The van der Waals surface area contributed by atoms with E-state index in [9.17, 15) is 18.0 Å². The van der Waals surface area contributed by atoms with Gasteiger partial charge in [-0.1, -0.05) is 30.3 Å². The molecule has 1 amide bonds. The van der Waals surface area contributed by atoms with Crippen molar-refractivity contribution in [2.75, 3.05) is 44.4 Å². The number of fused-ring (bicyclic) bond motifs is 1. The summed E-state index contributed by atoms with van der Waals surface area (Å²) in [5.74, 6) is -0.697. The second-order valence-electron chi connectivity index (χ2n) is 7.75. The van der Waals surface area contributed by atoms with Gasteiger partial charge in [-0.15, -0.1) is 0 Å². The number of nitrogens with zero attached hydrogens (tertiary/aromatic N) is 2. The molecule has 32 heavy (non-hydrogen) atoms. The van der Waals surface area contributed by atoms with E-state index in [-0.39, 0.29) is 23.8 Å². The smallest absolute Gasteiger partial charge is 0.306 e. The summed E-state index contributed by atoms with van der Waals surface area (Å²) in [6.45, 7) is 1.78. The van der Waals surface area contributed by atoms with Gasteiger partial charge in [-0.25, -0.2) is 8.42 Å². The molecule has 4 rings (SSSR count). The van der Waals surface area contributed by atoms with Crippen LogP contribution < -0.4 is 4.90 Å². The molecule has 0 unspecified atom stereocenters. The summed E-state index contributed by atoms with van der Waals surface area (Å²) in [6, 6.07) is 14.2. The van der Waals surface area contributed by atoms with Crippen molar-refractivity contribution in [1.82, 2.24) is 4.31 Å². The molecule has 2 heterocycles. The summed E-state index contributed by atoms with van der Waals surface area (Å²) >= 11 is 0. The molecule has 0 aromatic heterocycles. The molecule has 1 fully saturated rings. The molecule has 2 aliphatic rings. The van der Waals surface area contributed by atoms with Crippen LogP contribution in [0.4, 0.5) is 5.69 Å². The number of benzene rings is 2. The number of anilines is 1. The monoisotopic (exact) mass is 458 g/mol. The molecule has 0 aliphatic carbocycles. The molecule has 0 radical (unpaired) electrons. The highest BCUT2D eigenvalue weighted by atomic mass is 32.2. The van der Waals surface area contributed by atoms with Gasteiger partial charge in [-0.05, 0) is 42.2 Å². The maximum Gasteiger partial charge on any atom is 0.306 e. The average molecular weight is 459 g/mol. The minimum absolute atomic E-state index is 0.111. The molecule has 8 nitrogen and oxygen atoms in total. The highest BCUT2D eigenvalue weighted by Gasteiger charge is 2.26. The van der Waals surface area contributed by atoms with Crippen molar-refractivity contribution in [2.24, 2.45) is 0 Å². The van der Waals surface area contributed by atoms with Gasteiger partial charge in [0.05, 0.1) is 18.1 Å². The first-order valence-corrected chi connectivity index (χ1v) is 12.1. The number of morpholine rings is 1. The SMILES string of the molecule is O=C(CCc1ccc(S(=O)(=O)N2CCOCC2)cc1)OCC(=O)N1CCc2ccccc21. The number of ether oxygens (including phenoxy) is 2. The minimum Gasteiger partial charge on any atom is -0.456 e. The van der Waals surface area contributed by atoms with E-state index in [0.29, 0.717) is 39.3 Å². The van der Waals surface area contributed by atoms with Gasteiger partial charge in [-0.2, -0.15) is 4.31 Å². The van der Waals surface area contributed by atoms with Crippen molar-refractivity contribution in [1.29, 1.82) is 0 Å². The Bertz CT molecular complexity index is 1080. The Morgan fingerprint density at radius 3 is 2.44 bits per heavy atom. The Morgan fingerprint density at radius 2 is 1.69 bits per heavy atom. The quantitative estimate of drug-likeness (QED) is 0.587. The molecule has 0 spiro atoms. The molecule has 0 bridgehead atoms. The summed E-state index contributed by atoms with van der Waals surface area (Å²) in [5.41, 5.74) is 2.81. The third kappa shape index (κ3) is 5.01. The van der Waals surface area contributed by atoms with Crippen LogP contribution in [0, 0.1) is 0 Å². The summed E-state index contributed by atoms with van der Waals surface area (Å²) in [4.78, 5) is 26.4. The topological polar surface area (TPSA) is 93.2 Å². The summed E-state index contributed by atoms with van der Waals surface area (Å²) in [5, 5.41) is 0. The van der Waals surface area contributed by atoms with Gasteiger partial charge in [0, 0.05) is 31.7 Å². The average Bonchev–Trinajstić information content (AvgIpc) is 3.26. The third-order valence-electron chi connectivity index (χ3n) is 5.69. The van der Waals surface area contributed by atoms with E-state index in [1.165, 1.54) is 4.31 Å². The normalized spacial score (nSPS) is 16.6. The second-order valence-corrected chi connectivity index (χ2v) is 9.68. The van der Waals surface area contributed by atoms with E-state index in [2.05, 4.69) is 0 Å². The van der Waals surface area contributed by atoms with E-state index in [1.54, 1.807) is 29.2 Å². The van der Waals surface area contributed by atoms with Crippen molar-refractivity contribution >= 4 is 27.6 Å². The fraction of sp³-hybridized carbons (Fsp3) is 0.391. The number of rotatable bonds is 7. The molecule has 1 saturated heterocycles. The van der Waals surface area contributed by atoms with E-state index in [4.69, 9.17) is 9.47 Å². The molecule has 0 atom stereocenters. The number of sulfonamides is 1. The Kier molecular flexibility index (Phi) is 6.88. The number of esters is 1. The maximum absolute atomic E-state index is 12.7. The van der Waals surface area contributed by atoms with Crippen LogP contribution in [-0.2, 0) is 41.9 Å². The van der Waals surface area contributed by atoms with Gasteiger partial charge in [0.25, 0.3) is 5.91 Å². The molecular formula is C23H26N2O6S. The third-order valence-corrected chi connectivity index (χ3v) is 7.61. The molecule has 170 valence electrons. The van der Waals surface area contributed by atoms with Crippen LogP contribution in [0.2, 0.25) is 0 Å². The van der Waals surface area contributed by atoms with Gasteiger partial charge >= 0.3 is 5.97 Å². The number of hydrogen-bond donors (Lipinski definition) is 0. The van der Waals surface area contributed by atoms with E-state index in [0.717, 1.165) is 23.2 Å². The first kappa shape index (κ1) is 22.4. The summed E-state index contributed by atoms with van der Waals surface area (Å²) < 4.78 is 37.1. The van der Waals surface area contributed by atoms with E-state index < -0.39 is 16.0 Å². The predicted molar refractivity (Wildman–Crippen MR) is 118 cm³/mol. The van der Waals surface area contributed by atoms with Crippen LogP contribution in [-0.4, -0.2) is 64.1 Å². The van der Waals surface area contributed by atoms with E-state index >= 15 is 0 Å². The number of carbonyl (C=O) groups is 2. The molecule has 0 N–H and O–H groups in total. The number of hydrogen-bond acceptors (Lipinski definition) is 6. The Hall–Kier alpha value is -2.75. The Balaban J connectivity index is 1.25. The van der Waals surface area contributed by atoms with E-state index in [1.807, 2.05) is 24.3 Å². The Labute approximate surface area is 187 Å². The number of para-hydroxylation sites is 1. The van der Waals surface area contributed by atoms with Crippen LogP contribution in [0.15, 0.2) is 53.4 Å². The summed E-state index contributed by atoms with van der Waals surface area (Å²) in [7, 11) is -3.54. The van der Waals surface area contributed by atoms with Crippen LogP contribution in [0.3, 0.4) is 0 Å². The lowest BCUT2D eigenvalue weighted by Crippen LogP contribution is -2.40. The zero-order valence-electron chi connectivity index (χ0n) is 17.7. The van der Waals surface area contributed by atoms with Crippen LogP contribution >= 0.6 is 0 Å². The van der Waals surface area contributed by atoms with Gasteiger partial charge < -0.3 is 14.4 Å². The zero-order valence-corrected chi connectivity index (χ0v) is 18.6. The lowest BCUT2D eigenvalue weighted by atomic mass is 10.1. The molecular weight excluding hydrogens is 432 g/mol. The second kappa shape index (κ2) is 9.81. The van der Waals surface area contributed by atoms with Crippen molar-refractivity contribution in [2.45, 2.75) is 24.2 Å². The fourth-order valence-corrected chi connectivity index (χ4v) is 5.31. The lowest BCUT2D eigenvalue weighted by molar-refractivity contribution is -0.147.